The zero-order valence-electron chi connectivity index (χ0n) is 9.50. The Balaban J connectivity index is 2.07. The lowest BCUT2D eigenvalue weighted by Gasteiger charge is -2.10. The van der Waals surface area contributed by atoms with E-state index < -0.39 is 0 Å². The molecule has 2 aromatic carbocycles. The molecule has 0 saturated carbocycles. The first-order valence-electron chi connectivity index (χ1n) is 5.40. The maximum atomic E-state index is 12.7. The quantitative estimate of drug-likeness (QED) is 0.850. The van der Waals surface area contributed by atoms with Crippen LogP contribution in [0.25, 0.3) is 0 Å². The molecule has 0 aromatic heterocycles. The second-order valence-electron chi connectivity index (χ2n) is 3.92. The van der Waals surface area contributed by atoms with Gasteiger partial charge < -0.3 is 5.32 Å². The monoisotopic (exact) mass is 249 g/mol. The van der Waals surface area contributed by atoms with Crippen molar-refractivity contribution in [2.24, 2.45) is 0 Å². The summed E-state index contributed by atoms with van der Waals surface area (Å²) in [6.45, 7) is 2.59. The van der Waals surface area contributed by atoms with Gasteiger partial charge in [0.15, 0.2) is 0 Å². The summed E-state index contributed by atoms with van der Waals surface area (Å²) in [6, 6.07) is 12.3. The van der Waals surface area contributed by atoms with Gasteiger partial charge in [0.1, 0.15) is 5.82 Å². The first-order chi connectivity index (χ1) is 8.16. The summed E-state index contributed by atoms with van der Waals surface area (Å²) in [7, 11) is 0. The SMILES string of the molecule is Cc1cccc(NCc2ccc(F)cc2)c1Cl. The minimum absolute atomic E-state index is 0.220. The molecule has 0 saturated heterocycles. The van der Waals surface area contributed by atoms with Crippen molar-refractivity contribution in [1.82, 2.24) is 0 Å². The molecule has 2 rings (SSSR count). The molecule has 0 heterocycles. The molecule has 0 atom stereocenters. The van der Waals surface area contributed by atoms with Crippen molar-refractivity contribution in [3.8, 4) is 0 Å². The lowest BCUT2D eigenvalue weighted by Crippen LogP contribution is -2.00. The third-order valence-corrected chi connectivity index (χ3v) is 3.09. The average molecular weight is 250 g/mol. The fraction of sp³-hybridized carbons (Fsp3) is 0.143. The summed E-state index contributed by atoms with van der Waals surface area (Å²) in [5.41, 5.74) is 2.95. The van der Waals surface area contributed by atoms with Crippen LogP contribution in [-0.4, -0.2) is 0 Å². The van der Waals surface area contributed by atoms with E-state index in [1.54, 1.807) is 12.1 Å². The van der Waals surface area contributed by atoms with Crippen LogP contribution < -0.4 is 5.32 Å². The molecule has 1 nitrogen and oxygen atoms in total. The third-order valence-electron chi connectivity index (χ3n) is 2.59. The van der Waals surface area contributed by atoms with Gasteiger partial charge in [-0.2, -0.15) is 0 Å². The lowest BCUT2D eigenvalue weighted by molar-refractivity contribution is 0.627. The minimum atomic E-state index is -0.220. The van der Waals surface area contributed by atoms with Gasteiger partial charge in [0.2, 0.25) is 0 Å². The van der Waals surface area contributed by atoms with Crippen molar-refractivity contribution in [2.45, 2.75) is 13.5 Å². The number of nitrogens with one attached hydrogen (secondary N) is 1. The summed E-state index contributed by atoms with van der Waals surface area (Å²) in [5, 5.41) is 3.97. The zero-order valence-corrected chi connectivity index (χ0v) is 10.3. The number of hydrogen-bond donors (Lipinski definition) is 1. The Morgan fingerprint density at radius 2 is 1.82 bits per heavy atom. The van der Waals surface area contributed by atoms with Crippen LogP contribution in [0.1, 0.15) is 11.1 Å². The zero-order chi connectivity index (χ0) is 12.3. The first-order valence-corrected chi connectivity index (χ1v) is 5.78. The van der Waals surface area contributed by atoms with E-state index >= 15 is 0 Å². The van der Waals surface area contributed by atoms with Crippen LogP contribution in [0.5, 0.6) is 0 Å². The Bertz CT molecular complexity index is 508. The number of hydrogen-bond acceptors (Lipinski definition) is 1. The van der Waals surface area contributed by atoms with Gasteiger partial charge in [-0.05, 0) is 36.2 Å². The molecule has 88 valence electrons. The predicted molar refractivity (Wildman–Crippen MR) is 69.9 cm³/mol. The Labute approximate surface area is 105 Å². The van der Waals surface area contributed by atoms with Crippen molar-refractivity contribution < 1.29 is 4.39 Å². The highest BCUT2D eigenvalue weighted by Crippen LogP contribution is 2.25. The van der Waals surface area contributed by atoms with Crippen molar-refractivity contribution in [2.75, 3.05) is 5.32 Å². The molecular weight excluding hydrogens is 237 g/mol. The molecule has 0 aliphatic rings. The van der Waals surface area contributed by atoms with E-state index in [4.69, 9.17) is 11.6 Å². The van der Waals surface area contributed by atoms with Gasteiger partial charge in [-0.15, -0.1) is 0 Å². The van der Waals surface area contributed by atoms with Crippen LogP contribution in [0.15, 0.2) is 42.5 Å². The molecule has 2 aromatic rings. The molecule has 0 aliphatic heterocycles. The smallest absolute Gasteiger partial charge is 0.123 e. The van der Waals surface area contributed by atoms with Crippen molar-refractivity contribution in [3.05, 3.63) is 64.4 Å². The first kappa shape index (κ1) is 11.9. The van der Waals surface area contributed by atoms with Crippen LogP contribution in [0.4, 0.5) is 10.1 Å². The van der Waals surface area contributed by atoms with Crippen molar-refractivity contribution in [1.29, 1.82) is 0 Å². The topological polar surface area (TPSA) is 12.0 Å². The van der Waals surface area contributed by atoms with Crippen molar-refractivity contribution in [3.63, 3.8) is 0 Å². The number of aryl methyl sites for hydroxylation is 1. The van der Waals surface area contributed by atoms with E-state index in [0.29, 0.717) is 6.54 Å². The Morgan fingerprint density at radius 1 is 1.12 bits per heavy atom. The summed E-state index contributed by atoms with van der Waals surface area (Å²) < 4.78 is 12.7. The molecule has 0 radical (unpaired) electrons. The highest BCUT2D eigenvalue weighted by Gasteiger charge is 2.02. The van der Waals surface area contributed by atoms with Gasteiger partial charge in [-0.25, -0.2) is 4.39 Å². The van der Waals surface area contributed by atoms with E-state index in [1.807, 2.05) is 25.1 Å². The van der Waals surface area contributed by atoms with Crippen LogP contribution in [-0.2, 0) is 6.54 Å². The highest BCUT2D eigenvalue weighted by molar-refractivity contribution is 6.33. The summed E-state index contributed by atoms with van der Waals surface area (Å²) >= 11 is 6.16. The van der Waals surface area contributed by atoms with Crippen molar-refractivity contribution >= 4 is 17.3 Å². The molecule has 3 heteroatoms. The molecule has 1 N–H and O–H groups in total. The number of rotatable bonds is 3. The summed E-state index contributed by atoms with van der Waals surface area (Å²) in [6.07, 6.45) is 0. The van der Waals surface area contributed by atoms with E-state index in [2.05, 4.69) is 5.32 Å². The van der Waals surface area contributed by atoms with E-state index in [9.17, 15) is 4.39 Å². The highest BCUT2D eigenvalue weighted by atomic mass is 35.5. The Kier molecular flexibility index (Phi) is 3.64. The van der Waals surface area contributed by atoms with Gasteiger partial charge in [0.05, 0.1) is 10.7 Å². The van der Waals surface area contributed by atoms with Gasteiger partial charge in [0.25, 0.3) is 0 Å². The summed E-state index contributed by atoms with van der Waals surface area (Å²) in [5.74, 6) is -0.220. The molecule has 0 aliphatic carbocycles. The molecule has 0 fully saturated rings. The Morgan fingerprint density at radius 3 is 2.53 bits per heavy atom. The molecule has 0 amide bonds. The molecule has 17 heavy (non-hydrogen) atoms. The van der Waals surface area contributed by atoms with Gasteiger partial charge in [-0.3, -0.25) is 0 Å². The molecular formula is C14H13ClFN. The molecule has 0 bridgehead atoms. The minimum Gasteiger partial charge on any atom is -0.380 e. The standard InChI is InChI=1S/C14H13ClFN/c1-10-3-2-4-13(14(10)15)17-9-11-5-7-12(16)8-6-11/h2-8,17H,9H2,1H3. The number of benzene rings is 2. The van der Waals surface area contributed by atoms with Gasteiger partial charge in [-0.1, -0.05) is 35.9 Å². The fourth-order valence-electron chi connectivity index (χ4n) is 1.58. The maximum Gasteiger partial charge on any atom is 0.123 e. The van der Waals surface area contributed by atoms with Crippen LogP contribution >= 0.6 is 11.6 Å². The second kappa shape index (κ2) is 5.19. The van der Waals surface area contributed by atoms with Crippen LogP contribution in [0, 0.1) is 12.7 Å². The fourth-order valence-corrected chi connectivity index (χ4v) is 1.78. The third kappa shape index (κ3) is 2.98. The van der Waals surface area contributed by atoms with Gasteiger partial charge >= 0.3 is 0 Å². The van der Waals surface area contributed by atoms with Crippen LogP contribution in [0.2, 0.25) is 5.02 Å². The maximum absolute atomic E-state index is 12.7. The van der Waals surface area contributed by atoms with Crippen LogP contribution in [0.3, 0.4) is 0 Å². The van der Waals surface area contributed by atoms with Gasteiger partial charge in [0, 0.05) is 6.54 Å². The van der Waals surface area contributed by atoms with E-state index in [0.717, 1.165) is 21.8 Å². The molecule has 0 unspecified atom stereocenters. The summed E-state index contributed by atoms with van der Waals surface area (Å²) in [4.78, 5) is 0. The number of anilines is 1. The largest absolute Gasteiger partial charge is 0.380 e. The van der Waals surface area contributed by atoms with E-state index in [-0.39, 0.29) is 5.82 Å². The molecule has 0 spiro atoms. The second-order valence-corrected chi connectivity index (χ2v) is 4.29. The predicted octanol–water partition coefficient (Wildman–Crippen LogP) is 4.40. The Hall–Kier alpha value is -1.54. The normalized spacial score (nSPS) is 10.3. The average Bonchev–Trinajstić information content (AvgIpc) is 2.33. The lowest BCUT2D eigenvalue weighted by atomic mass is 10.2. The number of halogens is 2. The van der Waals surface area contributed by atoms with E-state index in [1.165, 1.54) is 12.1 Å².